The van der Waals surface area contributed by atoms with Crippen LogP contribution in [-0.4, -0.2) is 37.7 Å². The van der Waals surface area contributed by atoms with Gasteiger partial charge in [-0.05, 0) is 63.0 Å². The van der Waals surface area contributed by atoms with Crippen molar-refractivity contribution >= 4 is 11.6 Å². The van der Waals surface area contributed by atoms with Gasteiger partial charge in [0.25, 0.3) is 0 Å². The molecule has 1 fully saturated rings. The first kappa shape index (κ1) is 15.6. The van der Waals surface area contributed by atoms with E-state index < -0.39 is 0 Å². The molecule has 1 aromatic carbocycles. The van der Waals surface area contributed by atoms with Gasteiger partial charge in [-0.25, -0.2) is 0 Å². The van der Waals surface area contributed by atoms with Gasteiger partial charge in [-0.15, -0.1) is 0 Å². The number of nitrogens with two attached hydrogens (primary N) is 1. The second-order valence-electron chi connectivity index (χ2n) is 5.63. The number of rotatable bonds is 7. The van der Waals surface area contributed by atoms with Gasteiger partial charge in [-0.1, -0.05) is 18.0 Å². The van der Waals surface area contributed by atoms with E-state index >= 15 is 0 Å². The lowest BCUT2D eigenvalue weighted by Crippen LogP contribution is -2.38. The molecule has 2 unspecified atom stereocenters. The van der Waals surface area contributed by atoms with E-state index in [0.717, 1.165) is 36.9 Å². The predicted molar refractivity (Wildman–Crippen MR) is 84.4 cm³/mol. The minimum Gasteiger partial charge on any atom is -0.494 e. The van der Waals surface area contributed by atoms with Crippen LogP contribution >= 0.6 is 11.6 Å². The minimum absolute atomic E-state index is 0.663. The summed E-state index contributed by atoms with van der Waals surface area (Å²) >= 11 is 5.84. The van der Waals surface area contributed by atoms with E-state index in [1.165, 1.54) is 19.3 Å². The summed E-state index contributed by atoms with van der Waals surface area (Å²) in [6.45, 7) is 2.62. The summed E-state index contributed by atoms with van der Waals surface area (Å²) in [6, 6.07) is 8.19. The highest BCUT2D eigenvalue weighted by molar-refractivity contribution is 6.30. The van der Waals surface area contributed by atoms with Gasteiger partial charge in [0.05, 0.1) is 6.61 Å². The van der Waals surface area contributed by atoms with Crippen molar-refractivity contribution in [3.63, 3.8) is 0 Å². The number of hydrogen-bond donors (Lipinski definition) is 1. The fraction of sp³-hybridized carbons (Fsp3) is 0.625. The summed E-state index contributed by atoms with van der Waals surface area (Å²) in [4.78, 5) is 2.45. The zero-order valence-electron chi connectivity index (χ0n) is 12.2. The summed E-state index contributed by atoms with van der Waals surface area (Å²) in [5.41, 5.74) is 5.84. The molecule has 2 atom stereocenters. The second-order valence-corrected chi connectivity index (χ2v) is 6.07. The largest absolute Gasteiger partial charge is 0.494 e. The van der Waals surface area contributed by atoms with E-state index in [0.29, 0.717) is 12.0 Å². The van der Waals surface area contributed by atoms with Crippen molar-refractivity contribution in [2.45, 2.75) is 31.7 Å². The van der Waals surface area contributed by atoms with E-state index in [-0.39, 0.29) is 0 Å². The highest BCUT2D eigenvalue weighted by Crippen LogP contribution is 2.28. The molecule has 0 aromatic heterocycles. The number of benzene rings is 1. The summed E-state index contributed by atoms with van der Waals surface area (Å²) in [6.07, 6.45) is 4.92. The summed E-state index contributed by atoms with van der Waals surface area (Å²) < 4.78 is 5.72. The van der Waals surface area contributed by atoms with Crippen LogP contribution in [0.25, 0.3) is 0 Å². The molecule has 1 saturated carbocycles. The van der Waals surface area contributed by atoms with Crippen molar-refractivity contribution in [3.8, 4) is 5.75 Å². The lowest BCUT2D eigenvalue weighted by molar-refractivity contribution is 0.183. The molecule has 0 saturated heterocycles. The van der Waals surface area contributed by atoms with Crippen molar-refractivity contribution in [1.29, 1.82) is 0 Å². The molecule has 20 heavy (non-hydrogen) atoms. The Balaban J connectivity index is 1.66. The van der Waals surface area contributed by atoms with Gasteiger partial charge < -0.3 is 15.4 Å². The van der Waals surface area contributed by atoms with Crippen molar-refractivity contribution < 1.29 is 4.74 Å². The maximum absolute atomic E-state index is 5.84. The van der Waals surface area contributed by atoms with E-state index in [4.69, 9.17) is 22.1 Å². The topological polar surface area (TPSA) is 38.5 Å². The highest BCUT2D eigenvalue weighted by Gasteiger charge is 2.28. The van der Waals surface area contributed by atoms with Crippen LogP contribution in [0.1, 0.15) is 25.7 Å². The van der Waals surface area contributed by atoms with Crippen LogP contribution in [0.4, 0.5) is 0 Å². The Morgan fingerprint density at radius 3 is 2.75 bits per heavy atom. The second kappa shape index (κ2) is 7.87. The van der Waals surface area contributed by atoms with Crippen LogP contribution < -0.4 is 10.5 Å². The first-order valence-electron chi connectivity index (χ1n) is 7.49. The Bertz CT molecular complexity index is 396. The van der Waals surface area contributed by atoms with E-state index in [2.05, 4.69) is 11.9 Å². The van der Waals surface area contributed by atoms with E-state index in [1.54, 1.807) is 0 Å². The van der Waals surface area contributed by atoms with Gasteiger partial charge >= 0.3 is 0 Å². The lowest BCUT2D eigenvalue weighted by Gasteiger charge is -2.29. The molecule has 0 radical (unpaired) electrons. The summed E-state index contributed by atoms with van der Waals surface area (Å²) in [7, 11) is 2.21. The third kappa shape index (κ3) is 4.37. The SMILES string of the molecule is CN(CCCOc1ccc(Cl)cc1)C1CCCC1CN. The fourth-order valence-electron chi connectivity index (χ4n) is 3.07. The molecule has 2 N–H and O–H groups in total. The molecule has 0 aliphatic heterocycles. The third-order valence-corrected chi connectivity index (χ3v) is 4.48. The Labute approximate surface area is 127 Å². The number of ether oxygens (including phenoxy) is 1. The zero-order chi connectivity index (χ0) is 14.4. The molecule has 0 bridgehead atoms. The van der Waals surface area contributed by atoms with Gasteiger partial charge in [-0.3, -0.25) is 0 Å². The molecule has 0 heterocycles. The molecule has 1 aromatic rings. The van der Waals surface area contributed by atoms with Crippen LogP contribution in [0.3, 0.4) is 0 Å². The Morgan fingerprint density at radius 1 is 1.30 bits per heavy atom. The van der Waals surface area contributed by atoms with E-state index in [1.807, 2.05) is 24.3 Å². The maximum Gasteiger partial charge on any atom is 0.119 e. The number of halogens is 1. The molecular formula is C16H25ClN2O. The normalized spacial score (nSPS) is 22.4. The molecule has 4 heteroatoms. The molecule has 0 spiro atoms. The maximum atomic E-state index is 5.84. The predicted octanol–water partition coefficient (Wildman–Crippen LogP) is 3.17. The molecular weight excluding hydrogens is 272 g/mol. The number of hydrogen-bond acceptors (Lipinski definition) is 3. The smallest absolute Gasteiger partial charge is 0.119 e. The standard InChI is InChI=1S/C16H25ClN2O/c1-19(16-5-2-4-13(16)12-18)10-3-11-20-15-8-6-14(17)7-9-15/h6-9,13,16H,2-5,10-12,18H2,1H3. The molecule has 112 valence electrons. The van der Waals surface area contributed by atoms with Crippen LogP contribution in [0.2, 0.25) is 5.02 Å². The van der Waals surface area contributed by atoms with Gasteiger partial charge in [0.15, 0.2) is 0 Å². The number of nitrogens with zero attached hydrogens (tertiary/aromatic N) is 1. The first-order chi connectivity index (χ1) is 9.70. The van der Waals surface area contributed by atoms with Gasteiger partial charge in [-0.2, -0.15) is 0 Å². The minimum atomic E-state index is 0.663. The van der Waals surface area contributed by atoms with Crippen molar-refractivity contribution in [2.24, 2.45) is 11.7 Å². The van der Waals surface area contributed by atoms with Gasteiger partial charge in [0.1, 0.15) is 5.75 Å². The zero-order valence-corrected chi connectivity index (χ0v) is 13.0. The average molecular weight is 297 g/mol. The summed E-state index contributed by atoms with van der Waals surface area (Å²) in [5.74, 6) is 1.56. The summed E-state index contributed by atoms with van der Waals surface area (Å²) in [5, 5.41) is 0.742. The first-order valence-corrected chi connectivity index (χ1v) is 7.87. The Morgan fingerprint density at radius 2 is 2.05 bits per heavy atom. The molecule has 1 aliphatic carbocycles. The molecule has 3 nitrogen and oxygen atoms in total. The third-order valence-electron chi connectivity index (χ3n) is 4.23. The van der Waals surface area contributed by atoms with Crippen LogP contribution in [0, 0.1) is 5.92 Å². The Kier molecular flexibility index (Phi) is 6.14. The van der Waals surface area contributed by atoms with Crippen LogP contribution in [0.5, 0.6) is 5.75 Å². The highest BCUT2D eigenvalue weighted by atomic mass is 35.5. The van der Waals surface area contributed by atoms with Gasteiger partial charge in [0, 0.05) is 17.6 Å². The average Bonchev–Trinajstić information content (AvgIpc) is 2.94. The lowest BCUT2D eigenvalue weighted by atomic mass is 10.0. The fourth-order valence-corrected chi connectivity index (χ4v) is 3.20. The Hall–Kier alpha value is -0.770. The molecule has 0 amide bonds. The quantitative estimate of drug-likeness (QED) is 0.786. The van der Waals surface area contributed by atoms with Crippen LogP contribution in [-0.2, 0) is 0 Å². The van der Waals surface area contributed by atoms with Gasteiger partial charge in [0.2, 0.25) is 0 Å². The van der Waals surface area contributed by atoms with E-state index in [9.17, 15) is 0 Å². The van der Waals surface area contributed by atoms with Crippen molar-refractivity contribution in [3.05, 3.63) is 29.3 Å². The van der Waals surface area contributed by atoms with Crippen molar-refractivity contribution in [2.75, 3.05) is 26.7 Å². The monoisotopic (exact) mass is 296 g/mol. The molecule has 2 rings (SSSR count). The molecule has 1 aliphatic rings. The van der Waals surface area contributed by atoms with Crippen LogP contribution in [0.15, 0.2) is 24.3 Å². The van der Waals surface area contributed by atoms with Crippen molar-refractivity contribution in [1.82, 2.24) is 4.90 Å².